The Labute approximate surface area is 248 Å². The van der Waals surface area contributed by atoms with E-state index in [0.717, 1.165) is 47.0 Å². The van der Waals surface area contributed by atoms with Gasteiger partial charge in [-0.05, 0) is 65.9 Å². The highest BCUT2D eigenvalue weighted by atomic mass is 16.5. The van der Waals surface area contributed by atoms with E-state index in [9.17, 15) is 19.8 Å². The zero-order chi connectivity index (χ0) is 29.6. The summed E-state index contributed by atoms with van der Waals surface area (Å²) in [5.74, 6) is 0.205. The van der Waals surface area contributed by atoms with E-state index < -0.39 is 30.1 Å². The summed E-state index contributed by atoms with van der Waals surface area (Å²) in [5.41, 5.74) is 3.97. The van der Waals surface area contributed by atoms with Crippen LogP contribution in [0.4, 0.5) is 0 Å². The van der Waals surface area contributed by atoms with Gasteiger partial charge in [-0.3, -0.25) is 9.59 Å². The molecular formula is C34H43N3O5. The van der Waals surface area contributed by atoms with Crippen molar-refractivity contribution in [3.8, 4) is 16.9 Å². The fourth-order valence-corrected chi connectivity index (χ4v) is 6.24. The number of fused-ring (bicyclic) bond motifs is 1. The first kappa shape index (κ1) is 29.9. The Morgan fingerprint density at radius 2 is 1.79 bits per heavy atom. The predicted molar refractivity (Wildman–Crippen MR) is 162 cm³/mol. The predicted octanol–water partition coefficient (Wildman–Crippen LogP) is 4.20. The largest absolute Gasteiger partial charge is 0.494 e. The molecule has 0 bridgehead atoms. The second-order valence-corrected chi connectivity index (χ2v) is 11.9. The molecule has 3 aliphatic rings. The molecule has 3 N–H and O–H groups in total. The minimum atomic E-state index is -1.87. The van der Waals surface area contributed by atoms with Crippen LogP contribution < -0.4 is 10.1 Å². The van der Waals surface area contributed by atoms with Crippen molar-refractivity contribution in [2.75, 3.05) is 26.7 Å². The summed E-state index contributed by atoms with van der Waals surface area (Å²) in [6.45, 7) is 3.30. The molecule has 2 aliphatic heterocycles. The summed E-state index contributed by atoms with van der Waals surface area (Å²) in [7, 11) is 1.93. The Balaban J connectivity index is 1.12. The normalized spacial score (nSPS) is 20.9. The number of carbonyl (C=O) groups is 2. The van der Waals surface area contributed by atoms with Gasteiger partial charge in [-0.15, -0.1) is 0 Å². The van der Waals surface area contributed by atoms with Crippen LogP contribution in [0.3, 0.4) is 0 Å². The molecule has 8 heteroatoms. The Kier molecular flexibility index (Phi) is 9.65. The standard InChI is InChI=1S/C34H43N3O5/c1-23(35-33(40)31(38)32(39)34(41)37-21-28-11-7-18-36(2)30(28)22-37)25-13-15-26(16-14-25)27-10-6-12-29(20-27)42-19-17-24-8-4-3-5-9-24/h6-7,10-16,18,20,23-24,30-32,38-39H,3-5,8-9,17,19,21-22H2,1-2H3,(H,35,40)/t23-,30?,31-,32-/m1/s1. The topological polar surface area (TPSA) is 102 Å². The zero-order valence-electron chi connectivity index (χ0n) is 24.6. The van der Waals surface area contributed by atoms with Crippen LogP contribution in [-0.4, -0.2) is 76.8 Å². The number of rotatable bonds is 10. The number of allylic oxidation sites excluding steroid dienone is 2. The minimum Gasteiger partial charge on any atom is -0.494 e. The van der Waals surface area contributed by atoms with Crippen molar-refractivity contribution in [1.29, 1.82) is 0 Å². The zero-order valence-corrected chi connectivity index (χ0v) is 24.6. The van der Waals surface area contributed by atoms with Gasteiger partial charge in [0.1, 0.15) is 5.75 Å². The van der Waals surface area contributed by atoms with Crippen LogP contribution in [0.2, 0.25) is 0 Å². The molecule has 2 fully saturated rings. The molecule has 0 aromatic heterocycles. The molecule has 4 atom stereocenters. The lowest BCUT2D eigenvalue weighted by molar-refractivity contribution is -0.152. The first-order valence-electron chi connectivity index (χ1n) is 15.2. The average Bonchev–Trinajstić information content (AvgIpc) is 3.46. The van der Waals surface area contributed by atoms with E-state index in [1.165, 1.54) is 37.0 Å². The molecule has 2 heterocycles. The quantitative estimate of drug-likeness (QED) is 0.394. The van der Waals surface area contributed by atoms with Gasteiger partial charge in [0.25, 0.3) is 11.8 Å². The second kappa shape index (κ2) is 13.6. The molecule has 0 radical (unpaired) electrons. The molecule has 2 aromatic rings. The Morgan fingerprint density at radius 1 is 1.02 bits per heavy atom. The number of nitrogens with zero attached hydrogens (tertiary/aromatic N) is 2. The summed E-state index contributed by atoms with van der Waals surface area (Å²) in [4.78, 5) is 29.1. The van der Waals surface area contributed by atoms with E-state index in [1.807, 2.05) is 72.8 Å². The molecule has 1 unspecified atom stereocenters. The lowest BCUT2D eigenvalue weighted by Gasteiger charge is -2.26. The number of likely N-dealkylation sites (tertiary alicyclic amines) is 1. The van der Waals surface area contributed by atoms with Crippen LogP contribution in [0.15, 0.2) is 72.5 Å². The highest BCUT2D eigenvalue weighted by Crippen LogP contribution is 2.29. The fourth-order valence-electron chi connectivity index (χ4n) is 6.24. The van der Waals surface area contributed by atoms with E-state index >= 15 is 0 Å². The first-order valence-corrected chi connectivity index (χ1v) is 15.2. The molecule has 8 nitrogen and oxygen atoms in total. The van der Waals surface area contributed by atoms with Crippen molar-refractivity contribution in [3.63, 3.8) is 0 Å². The number of likely N-dealkylation sites (N-methyl/N-ethyl adjacent to an activating group) is 1. The van der Waals surface area contributed by atoms with Gasteiger partial charge in [0, 0.05) is 20.1 Å². The number of hydrogen-bond donors (Lipinski definition) is 3. The van der Waals surface area contributed by atoms with Gasteiger partial charge in [-0.1, -0.05) is 74.6 Å². The van der Waals surface area contributed by atoms with Crippen molar-refractivity contribution >= 4 is 11.8 Å². The summed E-state index contributed by atoms with van der Waals surface area (Å²) in [5, 5.41) is 23.8. The average molecular weight is 574 g/mol. The third-order valence-corrected chi connectivity index (χ3v) is 8.91. The summed E-state index contributed by atoms with van der Waals surface area (Å²) in [6, 6.07) is 15.5. The van der Waals surface area contributed by atoms with Gasteiger partial charge in [0.15, 0.2) is 12.2 Å². The summed E-state index contributed by atoms with van der Waals surface area (Å²) >= 11 is 0. The van der Waals surface area contributed by atoms with Crippen LogP contribution in [0.5, 0.6) is 5.75 Å². The number of amides is 2. The van der Waals surface area contributed by atoms with E-state index in [0.29, 0.717) is 13.1 Å². The second-order valence-electron chi connectivity index (χ2n) is 11.9. The SMILES string of the molecule is C[C@@H](NC(=O)[C@H](O)[C@@H](O)C(=O)N1CC2=CC=CN(C)C2C1)c1ccc(-c2cccc(OCCC3CCCCC3)c2)cc1. The van der Waals surface area contributed by atoms with Gasteiger partial charge in [-0.2, -0.15) is 0 Å². The highest BCUT2D eigenvalue weighted by molar-refractivity contribution is 5.91. The van der Waals surface area contributed by atoms with E-state index in [2.05, 4.69) is 11.4 Å². The monoisotopic (exact) mass is 573 g/mol. The number of nitrogens with one attached hydrogen (secondary N) is 1. The minimum absolute atomic E-state index is 0.0429. The third kappa shape index (κ3) is 7.05. The summed E-state index contributed by atoms with van der Waals surface area (Å²) in [6.07, 6.45) is 9.90. The van der Waals surface area contributed by atoms with Crippen molar-refractivity contribution in [3.05, 3.63) is 78.0 Å². The van der Waals surface area contributed by atoms with Crippen LogP contribution >= 0.6 is 0 Å². The van der Waals surface area contributed by atoms with E-state index in [4.69, 9.17) is 4.74 Å². The molecule has 0 spiro atoms. The maximum atomic E-state index is 12.9. The molecule has 1 aliphatic carbocycles. The number of aliphatic hydroxyl groups is 2. The number of ether oxygens (including phenoxy) is 1. The third-order valence-electron chi connectivity index (χ3n) is 8.91. The molecule has 1 saturated heterocycles. The maximum absolute atomic E-state index is 12.9. The number of hydrogen-bond acceptors (Lipinski definition) is 6. The number of aliphatic hydroxyl groups excluding tert-OH is 2. The molecule has 2 amide bonds. The van der Waals surface area contributed by atoms with Gasteiger partial charge >= 0.3 is 0 Å². The van der Waals surface area contributed by atoms with E-state index in [1.54, 1.807) is 6.92 Å². The van der Waals surface area contributed by atoms with Gasteiger partial charge in [0.2, 0.25) is 0 Å². The Hall–Kier alpha value is -3.62. The van der Waals surface area contributed by atoms with Crippen molar-refractivity contribution in [1.82, 2.24) is 15.1 Å². The van der Waals surface area contributed by atoms with Crippen molar-refractivity contribution < 1.29 is 24.5 Å². The molecule has 42 heavy (non-hydrogen) atoms. The molecular weight excluding hydrogens is 530 g/mol. The lowest BCUT2D eigenvalue weighted by atomic mass is 9.87. The Morgan fingerprint density at radius 3 is 2.52 bits per heavy atom. The highest BCUT2D eigenvalue weighted by Gasteiger charge is 2.39. The molecule has 2 aromatic carbocycles. The fraction of sp³-hybridized carbons (Fsp3) is 0.471. The van der Waals surface area contributed by atoms with Crippen molar-refractivity contribution in [2.45, 2.75) is 69.7 Å². The number of benzene rings is 2. The van der Waals surface area contributed by atoms with Gasteiger partial charge in [0.05, 0.1) is 18.7 Å². The van der Waals surface area contributed by atoms with Crippen molar-refractivity contribution in [2.24, 2.45) is 5.92 Å². The van der Waals surface area contributed by atoms with Gasteiger partial charge < -0.3 is 30.1 Å². The van der Waals surface area contributed by atoms with E-state index in [-0.39, 0.29) is 6.04 Å². The summed E-state index contributed by atoms with van der Waals surface area (Å²) < 4.78 is 6.07. The maximum Gasteiger partial charge on any atom is 0.255 e. The smallest absolute Gasteiger partial charge is 0.255 e. The van der Waals surface area contributed by atoms with Gasteiger partial charge in [-0.25, -0.2) is 0 Å². The van der Waals surface area contributed by atoms with Crippen LogP contribution in [0, 0.1) is 5.92 Å². The first-order chi connectivity index (χ1) is 20.3. The molecule has 5 rings (SSSR count). The van der Waals surface area contributed by atoms with Crippen LogP contribution in [0.1, 0.15) is 57.1 Å². The Bertz CT molecular complexity index is 1300. The van der Waals surface area contributed by atoms with Crippen LogP contribution in [0.25, 0.3) is 11.1 Å². The molecule has 1 saturated carbocycles. The van der Waals surface area contributed by atoms with Crippen LogP contribution in [-0.2, 0) is 9.59 Å². The number of carbonyl (C=O) groups excluding carboxylic acids is 2. The lowest BCUT2D eigenvalue weighted by Crippen LogP contribution is -2.51. The molecule has 224 valence electrons.